The number of aromatic nitrogens is 4. The van der Waals surface area contributed by atoms with Gasteiger partial charge in [0.05, 0.1) is 13.4 Å². The average Bonchev–Trinajstić information content (AvgIpc) is 3.47. The van der Waals surface area contributed by atoms with Gasteiger partial charge in [0.2, 0.25) is 5.01 Å². The standard InChI is InChI=1S/C21H25N5O3S2/c1-15-12-17(26-11-10-22-14-26)8-7-16(15)13-30-21-25-24-20(31-21)19(28)23-9-5-3-4-6-18(27)29-2/h7-8,10-12,14H,3-6,9,13H2,1-2H3,(H,23,28). The number of nitrogens with one attached hydrogen (secondary N) is 1. The lowest BCUT2D eigenvalue weighted by Crippen LogP contribution is -2.24. The van der Waals surface area contributed by atoms with Gasteiger partial charge < -0.3 is 14.6 Å². The zero-order chi connectivity index (χ0) is 22.1. The number of amides is 1. The molecule has 164 valence electrons. The predicted octanol–water partition coefficient (Wildman–Crippen LogP) is 3.79. The van der Waals surface area contributed by atoms with Crippen molar-refractivity contribution in [2.75, 3.05) is 13.7 Å². The van der Waals surface area contributed by atoms with Crippen LogP contribution in [0.5, 0.6) is 0 Å². The smallest absolute Gasteiger partial charge is 0.305 e. The van der Waals surface area contributed by atoms with Crippen molar-refractivity contribution in [3.63, 3.8) is 0 Å². The third-order valence-corrected chi connectivity index (χ3v) is 6.76. The maximum Gasteiger partial charge on any atom is 0.305 e. The van der Waals surface area contributed by atoms with Crippen molar-refractivity contribution in [1.29, 1.82) is 0 Å². The second-order valence-corrected chi connectivity index (χ2v) is 9.09. The molecule has 0 bridgehead atoms. The van der Waals surface area contributed by atoms with Crippen LogP contribution in [0.2, 0.25) is 0 Å². The third-order valence-electron chi connectivity index (χ3n) is 4.65. The highest BCUT2D eigenvalue weighted by atomic mass is 32.2. The molecule has 2 aromatic heterocycles. The minimum absolute atomic E-state index is 0.202. The number of aryl methyl sites for hydroxylation is 1. The molecule has 10 heteroatoms. The molecule has 8 nitrogen and oxygen atoms in total. The molecule has 0 aliphatic rings. The molecule has 31 heavy (non-hydrogen) atoms. The number of benzene rings is 1. The average molecular weight is 460 g/mol. The van der Waals surface area contributed by atoms with Gasteiger partial charge in [-0.15, -0.1) is 10.2 Å². The van der Waals surface area contributed by atoms with Crippen molar-refractivity contribution in [1.82, 2.24) is 25.1 Å². The number of carbonyl (C=O) groups excluding carboxylic acids is 2. The molecule has 1 amide bonds. The third kappa shape index (κ3) is 6.90. The molecule has 0 saturated carbocycles. The van der Waals surface area contributed by atoms with Crippen LogP contribution in [0, 0.1) is 6.92 Å². The number of rotatable bonds is 11. The van der Waals surface area contributed by atoms with Crippen molar-refractivity contribution in [2.45, 2.75) is 42.7 Å². The molecule has 3 aromatic rings. The number of ether oxygens (including phenoxy) is 1. The highest BCUT2D eigenvalue weighted by molar-refractivity contribution is 8.00. The molecule has 0 aliphatic carbocycles. The molecule has 1 aromatic carbocycles. The van der Waals surface area contributed by atoms with Gasteiger partial charge in [0.1, 0.15) is 0 Å². The van der Waals surface area contributed by atoms with Crippen LogP contribution >= 0.6 is 23.1 Å². The SMILES string of the molecule is COC(=O)CCCCCNC(=O)c1nnc(SCc2ccc(-n3ccnc3)cc2C)s1. The summed E-state index contributed by atoms with van der Waals surface area (Å²) >= 11 is 2.87. The molecule has 0 atom stereocenters. The van der Waals surface area contributed by atoms with Crippen LogP contribution < -0.4 is 5.32 Å². The maximum atomic E-state index is 12.2. The summed E-state index contributed by atoms with van der Waals surface area (Å²) in [5, 5.41) is 11.4. The molecule has 2 heterocycles. The Morgan fingerprint density at radius 3 is 2.84 bits per heavy atom. The molecule has 0 unspecified atom stereocenters. The Bertz CT molecular complexity index is 1000. The van der Waals surface area contributed by atoms with Crippen LogP contribution in [0.15, 0.2) is 41.3 Å². The van der Waals surface area contributed by atoms with Gasteiger partial charge >= 0.3 is 5.97 Å². The summed E-state index contributed by atoms with van der Waals surface area (Å²) in [5.41, 5.74) is 3.47. The Morgan fingerprint density at radius 2 is 2.10 bits per heavy atom. The summed E-state index contributed by atoms with van der Waals surface area (Å²) in [6.07, 6.45) is 8.27. The minimum atomic E-state index is -0.210. The van der Waals surface area contributed by atoms with E-state index in [1.165, 1.54) is 29.6 Å². The van der Waals surface area contributed by atoms with E-state index in [-0.39, 0.29) is 11.9 Å². The van der Waals surface area contributed by atoms with E-state index in [9.17, 15) is 9.59 Å². The number of thioether (sulfide) groups is 1. The van der Waals surface area contributed by atoms with Gasteiger partial charge in [0.15, 0.2) is 4.34 Å². The Kier molecular flexibility index (Phi) is 8.60. The molecule has 0 spiro atoms. The van der Waals surface area contributed by atoms with E-state index < -0.39 is 0 Å². The van der Waals surface area contributed by atoms with E-state index in [4.69, 9.17) is 0 Å². The van der Waals surface area contributed by atoms with Gasteiger partial charge in [0.25, 0.3) is 5.91 Å². The van der Waals surface area contributed by atoms with E-state index in [2.05, 4.69) is 50.4 Å². The first-order chi connectivity index (χ1) is 15.1. The summed E-state index contributed by atoms with van der Waals surface area (Å²) in [5.74, 6) is 0.345. The lowest BCUT2D eigenvalue weighted by molar-refractivity contribution is -0.140. The fourth-order valence-electron chi connectivity index (χ4n) is 2.86. The zero-order valence-corrected chi connectivity index (χ0v) is 19.2. The highest BCUT2D eigenvalue weighted by Gasteiger charge is 2.13. The van der Waals surface area contributed by atoms with Crippen LogP contribution in [0.3, 0.4) is 0 Å². The molecular formula is C21H25N5O3S2. The highest BCUT2D eigenvalue weighted by Crippen LogP contribution is 2.28. The lowest BCUT2D eigenvalue weighted by Gasteiger charge is -2.08. The number of methoxy groups -OCH3 is 1. The zero-order valence-electron chi connectivity index (χ0n) is 17.5. The number of nitrogens with zero attached hydrogens (tertiary/aromatic N) is 4. The van der Waals surface area contributed by atoms with Gasteiger partial charge in [-0.3, -0.25) is 9.59 Å². The number of esters is 1. The van der Waals surface area contributed by atoms with Crippen LogP contribution in [0.1, 0.15) is 46.6 Å². The van der Waals surface area contributed by atoms with Crippen LogP contribution in [-0.4, -0.2) is 45.3 Å². The van der Waals surface area contributed by atoms with Gasteiger partial charge in [-0.25, -0.2) is 4.98 Å². The van der Waals surface area contributed by atoms with E-state index >= 15 is 0 Å². The van der Waals surface area contributed by atoms with E-state index in [1.807, 2.05) is 10.8 Å². The molecule has 0 radical (unpaired) electrons. The Hall–Kier alpha value is -2.72. The quantitative estimate of drug-likeness (QED) is 0.265. The molecule has 0 fully saturated rings. The van der Waals surface area contributed by atoms with Gasteiger partial charge in [-0.05, 0) is 43.0 Å². The van der Waals surface area contributed by atoms with Gasteiger partial charge in [-0.1, -0.05) is 35.6 Å². The Labute approximate surface area is 189 Å². The normalized spacial score (nSPS) is 10.8. The monoisotopic (exact) mass is 459 g/mol. The summed E-state index contributed by atoms with van der Waals surface area (Å²) in [4.78, 5) is 27.4. The number of hydrogen-bond donors (Lipinski definition) is 1. The Balaban J connectivity index is 1.42. The van der Waals surface area contributed by atoms with Crippen molar-refractivity contribution < 1.29 is 14.3 Å². The molecular weight excluding hydrogens is 434 g/mol. The van der Waals surface area contributed by atoms with Gasteiger partial charge in [-0.2, -0.15) is 0 Å². The minimum Gasteiger partial charge on any atom is -0.469 e. The van der Waals surface area contributed by atoms with Crippen LogP contribution in [0.25, 0.3) is 5.69 Å². The Morgan fingerprint density at radius 1 is 1.23 bits per heavy atom. The second-order valence-electron chi connectivity index (χ2n) is 6.89. The van der Waals surface area contributed by atoms with Crippen molar-refractivity contribution in [2.24, 2.45) is 0 Å². The number of carbonyl (C=O) groups is 2. The largest absolute Gasteiger partial charge is 0.469 e. The van der Waals surface area contributed by atoms with Crippen molar-refractivity contribution >= 4 is 35.0 Å². The van der Waals surface area contributed by atoms with Crippen molar-refractivity contribution in [3.05, 3.63) is 53.1 Å². The first-order valence-electron chi connectivity index (χ1n) is 9.96. The number of imidazole rings is 1. The molecule has 0 aliphatic heterocycles. The summed E-state index contributed by atoms with van der Waals surface area (Å²) in [6.45, 7) is 2.63. The number of hydrogen-bond acceptors (Lipinski definition) is 8. The predicted molar refractivity (Wildman–Crippen MR) is 121 cm³/mol. The number of unbranched alkanes of at least 4 members (excludes halogenated alkanes) is 2. The molecule has 0 saturated heterocycles. The second kappa shape index (κ2) is 11.6. The lowest BCUT2D eigenvalue weighted by atomic mass is 10.1. The maximum absolute atomic E-state index is 12.2. The summed E-state index contributed by atoms with van der Waals surface area (Å²) in [6, 6.07) is 6.29. The van der Waals surface area contributed by atoms with E-state index in [1.54, 1.807) is 24.3 Å². The van der Waals surface area contributed by atoms with Crippen LogP contribution in [-0.2, 0) is 15.3 Å². The fourth-order valence-corrected chi connectivity index (χ4v) is 4.71. The van der Waals surface area contributed by atoms with Crippen LogP contribution in [0.4, 0.5) is 0 Å². The first kappa shape index (κ1) is 23.0. The van der Waals surface area contributed by atoms with E-state index in [0.717, 1.165) is 35.0 Å². The van der Waals surface area contributed by atoms with Crippen molar-refractivity contribution in [3.8, 4) is 5.69 Å². The van der Waals surface area contributed by atoms with Gasteiger partial charge in [0, 0.05) is 36.8 Å². The molecule has 3 rings (SSSR count). The molecule has 1 N–H and O–H groups in total. The fraction of sp³-hybridized carbons (Fsp3) is 0.381. The van der Waals surface area contributed by atoms with E-state index in [0.29, 0.717) is 18.0 Å². The first-order valence-corrected chi connectivity index (χ1v) is 11.8. The topological polar surface area (TPSA) is 99.0 Å². The summed E-state index contributed by atoms with van der Waals surface area (Å²) in [7, 11) is 1.39. The summed E-state index contributed by atoms with van der Waals surface area (Å²) < 4.78 is 7.34.